The number of H-pyrrole nitrogens is 1. The van der Waals surface area contributed by atoms with Gasteiger partial charge in [-0.1, -0.05) is 37.3 Å². The van der Waals surface area contributed by atoms with E-state index in [4.69, 9.17) is 0 Å². The van der Waals surface area contributed by atoms with E-state index in [1.807, 2.05) is 49.5 Å². The molecule has 4 heteroatoms. The van der Waals surface area contributed by atoms with Gasteiger partial charge >= 0.3 is 0 Å². The van der Waals surface area contributed by atoms with Crippen LogP contribution in [0.2, 0.25) is 0 Å². The van der Waals surface area contributed by atoms with Gasteiger partial charge in [0.15, 0.2) is 0 Å². The highest BCUT2D eigenvalue weighted by Crippen LogP contribution is 2.24. The maximum atomic E-state index is 12.4. The molecule has 0 aliphatic rings. The van der Waals surface area contributed by atoms with Crippen LogP contribution in [0.3, 0.4) is 0 Å². The minimum absolute atomic E-state index is 0.0734. The van der Waals surface area contributed by atoms with Gasteiger partial charge in [-0.2, -0.15) is 5.26 Å². The number of fused-ring (bicyclic) bond motifs is 1. The van der Waals surface area contributed by atoms with Gasteiger partial charge < -0.3 is 10.3 Å². The molecule has 0 fully saturated rings. The third-order valence-electron chi connectivity index (χ3n) is 4.16. The standard InChI is InChI=1S/C21H19N3O/c1-3-15-7-5-9-19-17(13-23-20(15)19)11-16(12-22)21(25)24-18-8-4-6-14(2)10-18/h4-11,13,23H,3H2,1-2H3,(H,24,25)/b16-11+. The Morgan fingerprint density at radius 1 is 1.28 bits per heavy atom. The summed E-state index contributed by atoms with van der Waals surface area (Å²) in [6.07, 6.45) is 4.38. The van der Waals surface area contributed by atoms with Crippen LogP contribution < -0.4 is 5.32 Å². The Bertz CT molecular complexity index is 1010. The fourth-order valence-electron chi connectivity index (χ4n) is 2.88. The van der Waals surface area contributed by atoms with Gasteiger partial charge in [-0.25, -0.2) is 0 Å². The zero-order valence-corrected chi connectivity index (χ0v) is 14.3. The number of carbonyl (C=O) groups excluding carboxylic acids is 1. The predicted molar refractivity (Wildman–Crippen MR) is 101 cm³/mol. The summed E-state index contributed by atoms with van der Waals surface area (Å²) in [4.78, 5) is 15.7. The van der Waals surface area contributed by atoms with E-state index in [1.165, 1.54) is 5.56 Å². The smallest absolute Gasteiger partial charge is 0.266 e. The summed E-state index contributed by atoms with van der Waals surface area (Å²) < 4.78 is 0. The Morgan fingerprint density at radius 2 is 2.08 bits per heavy atom. The molecule has 3 rings (SSSR count). The molecule has 0 bridgehead atoms. The average Bonchev–Trinajstić information content (AvgIpc) is 3.02. The van der Waals surface area contributed by atoms with E-state index in [0.717, 1.165) is 28.5 Å². The number of para-hydroxylation sites is 1. The molecule has 0 saturated heterocycles. The van der Waals surface area contributed by atoms with Crippen LogP contribution in [0.25, 0.3) is 17.0 Å². The monoisotopic (exact) mass is 329 g/mol. The third kappa shape index (κ3) is 3.46. The summed E-state index contributed by atoms with van der Waals surface area (Å²) in [5, 5.41) is 13.2. The van der Waals surface area contributed by atoms with Gasteiger partial charge in [0.2, 0.25) is 0 Å². The molecule has 0 aliphatic carbocycles. The van der Waals surface area contributed by atoms with Gasteiger partial charge in [0, 0.05) is 28.4 Å². The third-order valence-corrected chi connectivity index (χ3v) is 4.16. The van der Waals surface area contributed by atoms with E-state index in [9.17, 15) is 10.1 Å². The van der Waals surface area contributed by atoms with E-state index in [0.29, 0.717) is 5.69 Å². The summed E-state index contributed by atoms with van der Waals surface area (Å²) in [5.74, 6) is -0.408. The van der Waals surface area contributed by atoms with Crippen molar-refractivity contribution < 1.29 is 4.79 Å². The van der Waals surface area contributed by atoms with Crippen molar-refractivity contribution in [3.05, 3.63) is 70.9 Å². The molecule has 4 nitrogen and oxygen atoms in total. The zero-order valence-electron chi connectivity index (χ0n) is 14.3. The lowest BCUT2D eigenvalue weighted by molar-refractivity contribution is -0.112. The summed E-state index contributed by atoms with van der Waals surface area (Å²) in [5.41, 5.74) is 4.89. The number of rotatable bonds is 4. The van der Waals surface area contributed by atoms with Crippen LogP contribution in [-0.4, -0.2) is 10.9 Å². The second-order valence-corrected chi connectivity index (χ2v) is 5.93. The van der Waals surface area contributed by atoms with Crippen molar-refractivity contribution >= 4 is 28.6 Å². The molecule has 1 amide bonds. The average molecular weight is 329 g/mol. The molecule has 25 heavy (non-hydrogen) atoms. The minimum Gasteiger partial charge on any atom is -0.360 e. The topological polar surface area (TPSA) is 68.7 Å². The molecule has 0 atom stereocenters. The van der Waals surface area contributed by atoms with Crippen LogP contribution in [0.5, 0.6) is 0 Å². The van der Waals surface area contributed by atoms with Crippen LogP contribution in [-0.2, 0) is 11.2 Å². The summed E-state index contributed by atoms with van der Waals surface area (Å²) in [6.45, 7) is 4.05. The minimum atomic E-state index is -0.408. The summed E-state index contributed by atoms with van der Waals surface area (Å²) in [6, 6.07) is 15.5. The van der Waals surface area contributed by atoms with Crippen LogP contribution in [0, 0.1) is 18.3 Å². The number of nitriles is 1. The number of benzene rings is 2. The zero-order chi connectivity index (χ0) is 17.8. The van der Waals surface area contributed by atoms with Crippen molar-refractivity contribution in [1.29, 1.82) is 5.26 Å². The fraction of sp³-hybridized carbons (Fsp3) is 0.143. The lowest BCUT2D eigenvalue weighted by Crippen LogP contribution is -2.13. The van der Waals surface area contributed by atoms with Gasteiger partial charge in [0.25, 0.3) is 5.91 Å². The Morgan fingerprint density at radius 3 is 2.80 bits per heavy atom. The fourth-order valence-corrected chi connectivity index (χ4v) is 2.88. The first-order valence-corrected chi connectivity index (χ1v) is 8.21. The highest BCUT2D eigenvalue weighted by atomic mass is 16.1. The van der Waals surface area contributed by atoms with E-state index >= 15 is 0 Å². The van der Waals surface area contributed by atoms with Crippen molar-refractivity contribution in [2.75, 3.05) is 5.32 Å². The van der Waals surface area contributed by atoms with E-state index < -0.39 is 5.91 Å². The molecule has 0 aliphatic heterocycles. The van der Waals surface area contributed by atoms with E-state index in [2.05, 4.69) is 23.3 Å². The number of aromatic amines is 1. The SMILES string of the molecule is CCc1cccc2c(/C=C(\C#N)C(=O)Nc3cccc(C)c3)c[nH]c12. The second-order valence-electron chi connectivity index (χ2n) is 5.93. The molecule has 1 aromatic heterocycles. The Hall–Kier alpha value is -3.32. The van der Waals surface area contributed by atoms with Gasteiger partial charge in [0.05, 0.1) is 0 Å². The van der Waals surface area contributed by atoms with E-state index in [-0.39, 0.29) is 5.57 Å². The molecular weight excluding hydrogens is 310 g/mol. The molecule has 124 valence electrons. The van der Waals surface area contributed by atoms with Crippen molar-refractivity contribution in [2.45, 2.75) is 20.3 Å². The first-order chi connectivity index (χ1) is 12.1. The molecular formula is C21H19N3O. The lowest BCUT2D eigenvalue weighted by atomic mass is 10.1. The van der Waals surface area contributed by atoms with Crippen molar-refractivity contribution in [3.63, 3.8) is 0 Å². The van der Waals surface area contributed by atoms with Crippen molar-refractivity contribution in [1.82, 2.24) is 4.98 Å². The lowest BCUT2D eigenvalue weighted by Gasteiger charge is -2.05. The molecule has 0 saturated carbocycles. The first kappa shape index (κ1) is 16.5. The Kier molecular flexibility index (Phi) is 4.67. The van der Waals surface area contributed by atoms with Gasteiger partial charge in [0.1, 0.15) is 11.6 Å². The second kappa shape index (κ2) is 7.06. The highest BCUT2D eigenvalue weighted by molar-refractivity contribution is 6.10. The molecule has 2 N–H and O–H groups in total. The normalized spacial score (nSPS) is 11.3. The Balaban J connectivity index is 1.93. The molecule has 0 radical (unpaired) electrons. The Labute approximate surface area is 146 Å². The van der Waals surface area contributed by atoms with Crippen LogP contribution in [0.1, 0.15) is 23.6 Å². The van der Waals surface area contributed by atoms with Gasteiger partial charge in [-0.05, 0) is 42.7 Å². The molecule has 3 aromatic rings. The van der Waals surface area contributed by atoms with E-state index in [1.54, 1.807) is 12.1 Å². The van der Waals surface area contributed by atoms with Crippen molar-refractivity contribution in [2.24, 2.45) is 0 Å². The number of hydrogen-bond donors (Lipinski definition) is 2. The van der Waals surface area contributed by atoms with Crippen LogP contribution >= 0.6 is 0 Å². The number of anilines is 1. The largest absolute Gasteiger partial charge is 0.360 e. The van der Waals surface area contributed by atoms with Crippen LogP contribution in [0.15, 0.2) is 54.2 Å². The highest BCUT2D eigenvalue weighted by Gasteiger charge is 2.12. The number of aryl methyl sites for hydroxylation is 2. The number of hydrogen-bond acceptors (Lipinski definition) is 2. The predicted octanol–water partition coefficient (Wildman–Crippen LogP) is 4.58. The van der Waals surface area contributed by atoms with Crippen molar-refractivity contribution in [3.8, 4) is 6.07 Å². The summed E-state index contributed by atoms with van der Waals surface area (Å²) in [7, 11) is 0. The number of carbonyl (C=O) groups is 1. The van der Waals surface area contributed by atoms with Crippen LogP contribution in [0.4, 0.5) is 5.69 Å². The number of aromatic nitrogens is 1. The molecule has 0 spiro atoms. The maximum absolute atomic E-state index is 12.4. The summed E-state index contributed by atoms with van der Waals surface area (Å²) >= 11 is 0. The quantitative estimate of drug-likeness (QED) is 0.543. The van der Waals surface area contributed by atoms with Gasteiger partial charge in [-0.3, -0.25) is 4.79 Å². The first-order valence-electron chi connectivity index (χ1n) is 8.21. The number of nitrogens with one attached hydrogen (secondary N) is 2. The number of amides is 1. The molecule has 1 heterocycles. The number of nitrogens with zero attached hydrogens (tertiary/aromatic N) is 1. The molecule has 0 unspecified atom stereocenters. The van der Waals surface area contributed by atoms with Gasteiger partial charge in [-0.15, -0.1) is 0 Å². The molecule has 2 aromatic carbocycles. The maximum Gasteiger partial charge on any atom is 0.266 e.